The molecule has 3 heterocycles. The van der Waals surface area contributed by atoms with Crippen molar-refractivity contribution in [2.75, 3.05) is 5.32 Å². The molecule has 2 N–H and O–H groups in total. The van der Waals surface area contributed by atoms with Crippen LogP contribution in [0.1, 0.15) is 22.4 Å². The highest BCUT2D eigenvalue weighted by molar-refractivity contribution is 6.34. The van der Waals surface area contributed by atoms with Crippen LogP contribution in [0.15, 0.2) is 52.3 Å². The van der Waals surface area contributed by atoms with Crippen LogP contribution in [-0.4, -0.2) is 39.3 Å². The van der Waals surface area contributed by atoms with E-state index in [9.17, 15) is 9.59 Å². The fourth-order valence-corrected chi connectivity index (χ4v) is 4.30. The summed E-state index contributed by atoms with van der Waals surface area (Å²) in [5, 5.41) is 18.9. The smallest absolute Gasteiger partial charge is 0.324 e. The molecule has 5 rings (SSSR count). The zero-order valence-corrected chi connectivity index (χ0v) is 20.0. The number of benzene rings is 2. The number of aryl methyl sites for hydroxylation is 3. The van der Waals surface area contributed by atoms with Gasteiger partial charge in [0.25, 0.3) is 0 Å². The molecule has 0 saturated carbocycles. The summed E-state index contributed by atoms with van der Waals surface area (Å²) in [4.78, 5) is 30.6. The molecular formula is C23H22ClN9O2. The Morgan fingerprint density at radius 3 is 2.51 bits per heavy atom. The molecule has 0 radical (unpaired) electrons. The number of hydrogen-bond donors (Lipinski definition) is 2. The molecule has 0 aliphatic heterocycles. The van der Waals surface area contributed by atoms with Gasteiger partial charge in [-0.3, -0.25) is 9.25 Å². The van der Waals surface area contributed by atoms with Gasteiger partial charge in [0.1, 0.15) is 5.69 Å². The van der Waals surface area contributed by atoms with Gasteiger partial charge in [-0.1, -0.05) is 40.9 Å². The Labute approximate surface area is 204 Å². The molecule has 11 nitrogen and oxygen atoms in total. The summed E-state index contributed by atoms with van der Waals surface area (Å²) in [5.74, 6) is 0.0840. The topological polar surface area (TPSA) is 128 Å². The number of halogens is 1. The molecule has 0 aliphatic rings. The van der Waals surface area contributed by atoms with Crippen molar-refractivity contribution in [3.05, 3.63) is 91.1 Å². The molecular weight excluding hydrogens is 470 g/mol. The van der Waals surface area contributed by atoms with Gasteiger partial charge in [0.2, 0.25) is 5.95 Å². The molecule has 3 aromatic heterocycles. The van der Waals surface area contributed by atoms with E-state index < -0.39 is 11.4 Å². The molecule has 35 heavy (non-hydrogen) atoms. The molecule has 0 fully saturated rings. The average Bonchev–Trinajstić information content (AvgIpc) is 3.42. The third-order valence-electron chi connectivity index (χ3n) is 5.51. The lowest BCUT2D eigenvalue weighted by Crippen LogP contribution is -2.43. The second-order valence-electron chi connectivity index (χ2n) is 8.45. The number of aromatic amines is 1. The largest absolute Gasteiger partial charge is 0.355 e. The van der Waals surface area contributed by atoms with Crippen molar-refractivity contribution in [2.24, 2.45) is 7.05 Å². The second-order valence-corrected chi connectivity index (χ2v) is 8.86. The first-order valence-electron chi connectivity index (χ1n) is 10.8. The third-order valence-corrected chi connectivity index (χ3v) is 5.82. The van der Waals surface area contributed by atoms with Crippen LogP contribution in [0.4, 0.5) is 11.6 Å². The Bertz CT molecular complexity index is 1650. The monoisotopic (exact) mass is 491 g/mol. The maximum Gasteiger partial charge on any atom is 0.355 e. The summed E-state index contributed by atoms with van der Waals surface area (Å²) in [6, 6.07) is 9.56. The maximum absolute atomic E-state index is 13.5. The molecule has 0 unspecified atom stereocenters. The lowest BCUT2D eigenvalue weighted by Gasteiger charge is -2.16. The van der Waals surface area contributed by atoms with Crippen molar-refractivity contribution < 1.29 is 0 Å². The number of nitrogens with zero attached hydrogens (tertiary/aromatic N) is 7. The van der Waals surface area contributed by atoms with E-state index in [0.29, 0.717) is 16.4 Å². The van der Waals surface area contributed by atoms with Gasteiger partial charge in [-0.25, -0.2) is 14.2 Å². The highest BCUT2D eigenvalue weighted by Crippen LogP contribution is 2.29. The zero-order valence-electron chi connectivity index (χ0n) is 19.3. The van der Waals surface area contributed by atoms with E-state index in [-0.39, 0.29) is 19.0 Å². The summed E-state index contributed by atoms with van der Waals surface area (Å²) in [6.45, 7) is 4.12. The predicted octanol–water partition coefficient (Wildman–Crippen LogP) is 2.52. The molecule has 0 spiro atoms. The highest BCUT2D eigenvalue weighted by atomic mass is 35.5. The van der Waals surface area contributed by atoms with Crippen molar-refractivity contribution in [3.8, 4) is 0 Å². The van der Waals surface area contributed by atoms with E-state index in [1.165, 1.54) is 10.8 Å². The van der Waals surface area contributed by atoms with Gasteiger partial charge in [0.15, 0.2) is 0 Å². The summed E-state index contributed by atoms with van der Waals surface area (Å²) in [5.41, 5.74) is 3.45. The van der Waals surface area contributed by atoms with E-state index in [0.717, 1.165) is 32.2 Å². The van der Waals surface area contributed by atoms with Crippen LogP contribution in [0.3, 0.4) is 0 Å². The number of hydrogen-bond acceptors (Lipinski definition) is 7. The van der Waals surface area contributed by atoms with Crippen LogP contribution in [0.25, 0.3) is 10.9 Å². The normalized spacial score (nSPS) is 11.3. The third kappa shape index (κ3) is 4.58. The van der Waals surface area contributed by atoms with Gasteiger partial charge < -0.3 is 5.32 Å². The molecule has 12 heteroatoms. The molecule has 178 valence electrons. The first kappa shape index (κ1) is 22.5. The molecule has 2 aromatic carbocycles. The van der Waals surface area contributed by atoms with E-state index in [2.05, 4.69) is 36.9 Å². The van der Waals surface area contributed by atoms with Crippen LogP contribution in [-0.2, 0) is 20.1 Å². The molecule has 0 saturated heterocycles. The number of fused-ring (bicyclic) bond motifs is 1. The summed E-state index contributed by atoms with van der Waals surface area (Å²) in [7, 11) is 1.82. The van der Waals surface area contributed by atoms with Crippen LogP contribution in [0, 0.1) is 13.8 Å². The predicted molar refractivity (Wildman–Crippen MR) is 132 cm³/mol. The fraction of sp³-hybridized carbons (Fsp3) is 0.217. The minimum absolute atomic E-state index is 0.0588. The number of H-pyrrole nitrogens is 1. The van der Waals surface area contributed by atoms with Gasteiger partial charge in [-0.15, -0.1) is 0 Å². The van der Waals surface area contributed by atoms with Crippen molar-refractivity contribution in [1.29, 1.82) is 0 Å². The second kappa shape index (κ2) is 8.84. The number of anilines is 2. The first-order chi connectivity index (χ1) is 16.8. The van der Waals surface area contributed by atoms with Crippen molar-refractivity contribution in [1.82, 2.24) is 39.3 Å². The molecule has 0 atom stereocenters. The molecule has 5 aromatic rings. The molecule has 0 bridgehead atoms. The van der Waals surface area contributed by atoms with Crippen LogP contribution in [0.2, 0.25) is 5.02 Å². The van der Waals surface area contributed by atoms with Gasteiger partial charge >= 0.3 is 11.4 Å². The number of nitrogens with one attached hydrogen (secondary N) is 2. The molecule has 0 aliphatic carbocycles. The van der Waals surface area contributed by atoms with Crippen molar-refractivity contribution in [2.45, 2.75) is 26.9 Å². The summed E-state index contributed by atoms with van der Waals surface area (Å²) >= 11 is 6.49. The SMILES string of the molecule is Cc1cc(C)cc(Cn2c(Nc3cc4cn(C)nc4cc3Cl)nc(=O)n(Cc3cn[nH]n3)c2=O)c1. The van der Waals surface area contributed by atoms with Gasteiger partial charge in [-0.05, 0) is 31.5 Å². The average molecular weight is 492 g/mol. The highest BCUT2D eigenvalue weighted by Gasteiger charge is 2.17. The fourth-order valence-electron chi connectivity index (χ4n) is 4.09. The van der Waals surface area contributed by atoms with Gasteiger partial charge in [0, 0.05) is 18.6 Å². The van der Waals surface area contributed by atoms with Gasteiger partial charge in [0.05, 0.1) is 35.5 Å². The minimum atomic E-state index is -0.712. The quantitative estimate of drug-likeness (QED) is 0.373. The maximum atomic E-state index is 13.5. The molecule has 0 amide bonds. The van der Waals surface area contributed by atoms with E-state index >= 15 is 0 Å². The lowest BCUT2D eigenvalue weighted by atomic mass is 10.1. The first-order valence-corrected chi connectivity index (χ1v) is 11.2. The van der Waals surface area contributed by atoms with E-state index in [4.69, 9.17) is 11.6 Å². The Morgan fingerprint density at radius 2 is 1.80 bits per heavy atom. The summed E-state index contributed by atoms with van der Waals surface area (Å²) in [6.07, 6.45) is 3.30. The van der Waals surface area contributed by atoms with E-state index in [1.54, 1.807) is 16.8 Å². The Hall–Kier alpha value is -4.25. The van der Waals surface area contributed by atoms with Crippen LogP contribution >= 0.6 is 11.6 Å². The van der Waals surface area contributed by atoms with Crippen LogP contribution in [0.5, 0.6) is 0 Å². The zero-order chi connectivity index (χ0) is 24.7. The Morgan fingerprint density at radius 1 is 1.03 bits per heavy atom. The van der Waals surface area contributed by atoms with Gasteiger partial charge in [-0.2, -0.15) is 25.5 Å². The summed E-state index contributed by atoms with van der Waals surface area (Å²) < 4.78 is 4.13. The van der Waals surface area contributed by atoms with Crippen molar-refractivity contribution in [3.63, 3.8) is 0 Å². The van der Waals surface area contributed by atoms with Crippen LogP contribution < -0.4 is 16.7 Å². The van der Waals surface area contributed by atoms with E-state index in [1.807, 2.05) is 39.2 Å². The Balaban J connectivity index is 1.63. The minimum Gasteiger partial charge on any atom is -0.324 e. The number of aromatic nitrogens is 8. The standard InChI is InChI=1S/C23H22ClN9O2/c1-13-4-14(2)6-15(5-13)10-32-21(26-20-7-16-11-31(3)29-19(16)8-18(20)24)27-22(34)33(23(32)35)12-17-9-25-30-28-17/h4-9,11H,10,12H2,1-3H3,(H,25,28,30)(H,26,27,34). The Kier molecular flexibility index (Phi) is 5.69. The number of rotatable bonds is 6. The van der Waals surface area contributed by atoms with Crippen molar-refractivity contribution >= 4 is 34.1 Å². The lowest BCUT2D eigenvalue weighted by molar-refractivity contribution is 0.583.